The van der Waals surface area contributed by atoms with Crippen LogP contribution in [0.15, 0.2) is 107 Å². The van der Waals surface area contributed by atoms with Gasteiger partial charge in [-0.2, -0.15) is 10.1 Å². The molecule has 4 aromatic carbocycles. The van der Waals surface area contributed by atoms with Crippen molar-refractivity contribution < 1.29 is 4.79 Å². The quantitative estimate of drug-likeness (QED) is 0.174. The Balaban J connectivity index is 1.51. The SMILES string of the molecule is Cc1ccc(/C=N/N(C(=O)c2ccc(-c3ccccc3)cc2)c2nc3ccc(Br)cc3s2)cc1. The molecule has 0 spiro atoms. The van der Waals surface area contributed by atoms with E-state index < -0.39 is 0 Å². The molecule has 0 saturated heterocycles. The van der Waals surface area contributed by atoms with Crippen LogP contribution in [0, 0.1) is 6.92 Å². The van der Waals surface area contributed by atoms with E-state index in [1.165, 1.54) is 21.9 Å². The average molecular weight is 526 g/mol. The van der Waals surface area contributed by atoms with Crippen molar-refractivity contribution in [1.82, 2.24) is 4.98 Å². The van der Waals surface area contributed by atoms with Crippen molar-refractivity contribution in [3.8, 4) is 11.1 Å². The number of amides is 1. The van der Waals surface area contributed by atoms with Gasteiger partial charge in [0.15, 0.2) is 0 Å². The Hall–Kier alpha value is -3.61. The number of aryl methyl sites for hydroxylation is 1. The lowest BCUT2D eigenvalue weighted by Gasteiger charge is -2.14. The lowest BCUT2D eigenvalue weighted by Crippen LogP contribution is -2.25. The summed E-state index contributed by atoms with van der Waals surface area (Å²) in [6.07, 6.45) is 1.69. The van der Waals surface area contributed by atoms with Gasteiger partial charge in [0, 0.05) is 10.0 Å². The van der Waals surface area contributed by atoms with Crippen LogP contribution in [-0.4, -0.2) is 17.1 Å². The number of benzene rings is 4. The van der Waals surface area contributed by atoms with E-state index in [-0.39, 0.29) is 5.91 Å². The first-order chi connectivity index (χ1) is 16.6. The molecule has 1 heterocycles. The number of carbonyl (C=O) groups is 1. The van der Waals surface area contributed by atoms with Gasteiger partial charge in [-0.3, -0.25) is 4.79 Å². The Morgan fingerprint density at radius 2 is 1.62 bits per heavy atom. The molecule has 0 aliphatic rings. The standard InChI is InChI=1S/C28H20BrN3OS/c1-19-7-9-20(10-8-19)18-30-32(28-31-25-16-15-24(29)17-26(25)34-28)27(33)23-13-11-22(12-14-23)21-5-3-2-4-6-21/h2-18H,1H3/b30-18+. The molecule has 0 bridgehead atoms. The van der Waals surface area contributed by atoms with E-state index in [1.807, 2.05) is 104 Å². The van der Waals surface area contributed by atoms with Gasteiger partial charge in [-0.05, 0) is 53.9 Å². The second-order valence-electron chi connectivity index (χ2n) is 7.82. The highest BCUT2D eigenvalue weighted by Crippen LogP contribution is 2.32. The first kappa shape index (κ1) is 22.2. The van der Waals surface area contributed by atoms with Gasteiger partial charge in [-0.15, -0.1) is 0 Å². The number of anilines is 1. The van der Waals surface area contributed by atoms with Crippen molar-refractivity contribution >= 4 is 54.7 Å². The van der Waals surface area contributed by atoms with Crippen LogP contribution in [0.5, 0.6) is 0 Å². The van der Waals surface area contributed by atoms with Gasteiger partial charge in [-0.1, -0.05) is 99.6 Å². The molecule has 0 unspecified atom stereocenters. The summed E-state index contributed by atoms with van der Waals surface area (Å²) in [5.41, 5.74) is 5.60. The lowest BCUT2D eigenvalue weighted by atomic mass is 10.0. The van der Waals surface area contributed by atoms with Crippen molar-refractivity contribution in [1.29, 1.82) is 0 Å². The minimum absolute atomic E-state index is 0.235. The minimum atomic E-state index is -0.235. The molecule has 166 valence electrons. The van der Waals surface area contributed by atoms with Crippen LogP contribution in [-0.2, 0) is 0 Å². The Kier molecular flexibility index (Phi) is 6.34. The highest BCUT2D eigenvalue weighted by molar-refractivity contribution is 9.10. The van der Waals surface area contributed by atoms with Crippen LogP contribution in [0.4, 0.5) is 5.13 Å². The average Bonchev–Trinajstić information content (AvgIpc) is 3.28. The Bertz CT molecular complexity index is 1480. The van der Waals surface area contributed by atoms with Gasteiger partial charge in [0.05, 0.1) is 16.4 Å². The summed E-state index contributed by atoms with van der Waals surface area (Å²) in [6, 6.07) is 31.5. The molecule has 4 nitrogen and oxygen atoms in total. The van der Waals surface area contributed by atoms with E-state index in [2.05, 4.69) is 26.0 Å². The Morgan fingerprint density at radius 1 is 0.912 bits per heavy atom. The molecular formula is C28H20BrN3OS. The molecule has 6 heteroatoms. The predicted molar refractivity (Wildman–Crippen MR) is 145 cm³/mol. The van der Waals surface area contributed by atoms with Crippen LogP contribution in [0.2, 0.25) is 0 Å². The highest BCUT2D eigenvalue weighted by Gasteiger charge is 2.21. The molecule has 1 aromatic heterocycles. The van der Waals surface area contributed by atoms with Gasteiger partial charge in [-0.25, -0.2) is 4.98 Å². The number of aromatic nitrogens is 1. The van der Waals surface area contributed by atoms with Crippen LogP contribution >= 0.6 is 27.3 Å². The topological polar surface area (TPSA) is 45.6 Å². The molecule has 0 fully saturated rings. The zero-order valence-corrected chi connectivity index (χ0v) is 20.8. The monoisotopic (exact) mass is 525 g/mol. The zero-order valence-electron chi connectivity index (χ0n) is 18.4. The summed E-state index contributed by atoms with van der Waals surface area (Å²) < 4.78 is 1.94. The molecule has 34 heavy (non-hydrogen) atoms. The van der Waals surface area contributed by atoms with Gasteiger partial charge < -0.3 is 0 Å². The fourth-order valence-electron chi connectivity index (χ4n) is 3.50. The lowest BCUT2D eigenvalue weighted by molar-refractivity contribution is 0.0988. The third kappa shape index (κ3) is 4.83. The second-order valence-corrected chi connectivity index (χ2v) is 9.75. The summed E-state index contributed by atoms with van der Waals surface area (Å²) in [7, 11) is 0. The summed E-state index contributed by atoms with van der Waals surface area (Å²) in [5.74, 6) is -0.235. The minimum Gasteiger partial charge on any atom is -0.267 e. The van der Waals surface area contributed by atoms with Crippen LogP contribution in [0.25, 0.3) is 21.3 Å². The molecule has 5 aromatic rings. The summed E-state index contributed by atoms with van der Waals surface area (Å²) in [5, 5.41) is 6.47. The molecule has 0 saturated carbocycles. The molecule has 0 aliphatic heterocycles. The maximum absolute atomic E-state index is 13.6. The van der Waals surface area contributed by atoms with E-state index in [1.54, 1.807) is 6.21 Å². The maximum atomic E-state index is 13.6. The maximum Gasteiger partial charge on any atom is 0.280 e. The highest BCUT2D eigenvalue weighted by atomic mass is 79.9. The van der Waals surface area contributed by atoms with E-state index in [4.69, 9.17) is 0 Å². The van der Waals surface area contributed by atoms with Gasteiger partial charge in [0.2, 0.25) is 5.13 Å². The number of rotatable bonds is 5. The zero-order chi connectivity index (χ0) is 23.5. The number of nitrogens with zero attached hydrogens (tertiary/aromatic N) is 3. The number of hydrogen-bond acceptors (Lipinski definition) is 4. The fourth-order valence-corrected chi connectivity index (χ4v) is 4.97. The van der Waals surface area contributed by atoms with Crippen molar-refractivity contribution in [2.75, 3.05) is 5.01 Å². The van der Waals surface area contributed by atoms with Crippen molar-refractivity contribution in [2.24, 2.45) is 5.10 Å². The van der Waals surface area contributed by atoms with Crippen LogP contribution < -0.4 is 5.01 Å². The Morgan fingerprint density at radius 3 is 2.35 bits per heavy atom. The van der Waals surface area contributed by atoms with Crippen molar-refractivity contribution in [3.05, 3.63) is 118 Å². The molecular weight excluding hydrogens is 506 g/mol. The van der Waals surface area contributed by atoms with E-state index in [9.17, 15) is 4.79 Å². The van der Waals surface area contributed by atoms with Gasteiger partial charge >= 0.3 is 0 Å². The third-order valence-corrected chi connectivity index (χ3v) is 6.84. The first-order valence-electron chi connectivity index (χ1n) is 10.7. The first-order valence-corrected chi connectivity index (χ1v) is 12.3. The number of carbonyl (C=O) groups excluding carboxylic acids is 1. The molecule has 0 aliphatic carbocycles. The van der Waals surface area contributed by atoms with Crippen LogP contribution in [0.3, 0.4) is 0 Å². The number of hydrazone groups is 1. The smallest absolute Gasteiger partial charge is 0.267 e. The number of halogens is 1. The summed E-state index contributed by atoms with van der Waals surface area (Å²) >= 11 is 4.94. The Labute approximate surface area is 210 Å². The van der Waals surface area contributed by atoms with E-state index in [0.29, 0.717) is 10.7 Å². The van der Waals surface area contributed by atoms with Crippen molar-refractivity contribution in [2.45, 2.75) is 6.92 Å². The second kappa shape index (κ2) is 9.71. The normalized spacial score (nSPS) is 11.2. The fraction of sp³-hybridized carbons (Fsp3) is 0.0357. The van der Waals surface area contributed by atoms with Crippen molar-refractivity contribution in [3.63, 3.8) is 0 Å². The molecule has 0 N–H and O–H groups in total. The molecule has 0 atom stereocenters. The summed E-state index contributed by atoms with van der Waals surface area (Å²) in [4.78, 5) is 18.3. The molecule has 1 amide bonds. The van der Waals surface area contributed by atoms with E-state index >= 15 is 0 Å². The van der Waals surface area contributed by atoms with Gasteiger partial charge in [0.25, 0.3) is 5.91 Å². The molecule has 5 rings (SSSR count). The van der Waals surface area contributed by atoms with E-state index in [0.717, 1.165) is 31.4 Å². The largest absolute Gasteiger partial charge is 0.280 e. The molecule has 0 radical (unpaired) electrons. The van der Waals surface area contributed by atoms with Gasteiger partial charge in [0.1, 0.15) is 0 Å². The number of fused-ring (bicyclic) bond motifs is 1. The number of hydrogen-bond donors (Lipinski definition) is 0. The predicted octanol–water partition coefficient (Wildman–Crippen LogP) is 7.72. The summed E-state index contributed by atoms with van der Waals surface area (Å²) in [6.45, 7) is 2.04. The van der Waals surface area contributed by atoms with Crippen LogP contribution in [0.1, 0.15) is 21.5 Å². The number of thiazole rings is 1. The third-order valence-electron chi connectivity index (χ3n) is 5.35.